The van der Waals surface area contributed by atoms with Gasteiger partial charge in [-0.25, -0.2) is 9.37 Å². The number of pyridine rings is 1. The van der Waals surface area contributed by atoms with Crippen LogP contribution in [-0.4, -0.2) is 53.1 Å². The maximum absolute atomic E-state index is 14.1. The van der Waals surface area contributed by atoms with Crippen LogP contribution in [0.1, 0.15) is 96.9 Å². The van der Waals surface area contributed by atoms with Gasteiger partial charge < -0.3 is 18.9 Å². The van der Waals surface area contributed by atoms with Crippen LogP contribution in [0.3, 0.4) is 0 Å². The minimum atomic E-state index is -0.911. The van der Waals surface area contributed by atoms with Gasteiger partial charge in [-0.3, -0.25) is 14.5 Å². The molecule has 1 aromatic carbocycles. The minimum absolute atomic E-state index is 0.0245. The van der Waals surface area contributed by atoms with Crippen LogP contribution >= 0.6 is 0 Å². The third kappa shape index (κ3) is 7.16. The van der Waals surface area contributed by atoms with Crippen LogP contribution < -0.4 is 4.90 Å². The van der Waals surface area contributed by atoms with Crippen LogP contribution in [0.25, 0.3) is 17.2 Å². The van der Waals surface area contributed by atoms with Gasteiger partial charge in [0.05, 0.1) is 43.6 Å². The molecule has 5 rings (SSSR count). The molecular weight excluding hydrogens is 551 g/mol. The van der Waals surface area contributed by atoms with E-state index in [0.717, 1.165) is 34.4 Å². The third-order valence-electron chi connectivity index (χ3n) is 7.81. The van der Waals surface area contributed by atoms with Gasteiger partial charge in [0.2, 0.25) is 5.91 Å². The Labute approximate surface area is 253 Å². The SMILES string of the molecule is CC(C)c1nc2c(c(-c3ccc(F)cc3)c1/C=C/[C@@H]1C[C@H](CC(=O)OC(C)(C)C)OC(C)(C)O1)COC[C@H]1CCC(=O)N21. The first-order chi connectivity index (χ1) is 20.2. The molecule has 0 N–H and O–H groups in total. The predicted molar refractivity (Wildman–Crippen MR) is 162 cm³/mol. The molecule has 1 amide bonds. The van der Waals surface area contributed by atoms with Gasteiger partial charge >= 0.3 is 5.97 Å². The fraction of sp³-hybridized carbons (Fsp3) is 0.559. The number of benzene rings is 1. The maximum atomic E-state index is 14.1. The second kappa shape index (κ2) is 12.1. The normalized spacial score (nSPS) is 23.8. The lowest BCUT2D eigenvalue weighted by Crippen LogP contribution is -2.45. The van der Waals surface area contributed by atoms with E-state index in [4.69, 9.17) is 23.9 Å². The van der Waals surface area contributed by atoms with E-state index in [-0.39, 0.29) is 54.9 Å². The molecule has 0 bridgehead atoms. The number of anilines is 1. The molecule has 3 aliphatic rings. The third-order valence-corrected chi connectivity index (χ3v) is 7.81. The molecule has 1 aromatic heterocycles. The quantitative estimate of drug-likeness (QED) is 0.344. The van der Waals surface area contributed by atoms with E-state index >= 15 is 0 Å². The van der Waals surface area contributed by atoms with Gasteiger partial charge in [0, 0.05) is 24.0 Å². The van der Waals surface area contributed by atoms with Crippen LogP contribution in [0.15, 0.2) is 30.3 Å². The van der Waals surface area contributed by atoms with E-state index in [9.17, 15) is 14.0 Å². The molecule has 2 saturated heterocycles. The Morgan fingerprint density at radius 2 is 1.93 bits per heavy atom. The van der Waals surface area contributed by atoms with Crippen molar-refractivity contribution in [2.45, 2.75) is 116 Å². The van der Waals surface area contributed by atoms with Gasteiger partial charge in [-0.15, -0.1) is 0 Å². The molecule has 3 atom stereocenters. The Kier molecular flexibility index (Phi) is 8.80. The number of halogens is 1. The summed E-state index contributed by atoms with van der Waals surface area (Å²) < 4.78 is 38.1. The van der Waals surface area contributed by atoms with Gasteiger partial charge in [0.25, 0.3) is 0 Å². The predicted octanol–water partition coefficient (Wildman–Crippen LogP) is 6.69. The fourth-order valence-corrected chi connectivity index (χ4v) is 6.19. The summed E-state index contributed by atoms with van der Waals surface area (Å²) in [5.74, 6) is -0.858. The first-order valence-corrected chi connectivity index (χ1v) is 15.2. The van der Waals surface area contributed by atoms with Gasteiger partial charge in [-0.05, 0) is 70.2 Å². The Hall–Kier alpha value is -3.14. The average molecular weight is 595 g/mol. The molecule has 0 unspecified atom stereocenters. The summed E-state index contributed by atoms with van der Waals surface area (Å²) in [5, 5.41) is 0. The van der Waals surface area contributed by atoms with Gasteiger partial charge in [0.15, 0.2) is 5.79 Å². The number of fused-ring (bicyclic) bond motifs is 3. The molecule has 0 aliphatic carbocycles. The summed E-state index contributed by atoms with van der Waals surface area (Å²) in [5.41, 5.74) is 3.60. The van der Waals surface area contributed by atoms with Crippen molar-refractivity contribution in [1.82, 2.24) is 4.98 Å². The van der Waals surface area contributed by atoms with Crippen LogP contribution in [-0.2, 0) is 35.1 Å². The zero-order valence-corrected chi connectivity index (χ0v) is 26.2. The Morgan fingerprint density at radius 3 is 2.60 bits per heavy atom. The Balaban J connectivity index is 1.57. The lowest BCUT2D eigenvalue weighted by atomic mass is 9.89. The number of aromatic nitrogens is 1. The Bertz CT molecular complexity index is 1400. The van der Waals surface area contributed by atoms with Crippen molar-refractivity contribution in [2.24, 2.45) is 0 Å². The van der Waals surface area contributed by atoms with Crippen LogP contribution in [0.2, 0.25) is 0 Å². The molecule has 4 heterocycles. The van der Waals surface area contributed by atoms with Crippen molar-refractivity contribution >= 4 is 23.8 Å². The molecule has 9 heteroatoms. The number of carbonyl (C=O) groups is 2. The number of rotatable bonds is 6. The number of amides is 1. The molecule has 0 saturated carbocycles. The summed E-state index contributed by atoms with van der Waals surface area (Å²) >= 11 is 0. The topological polar surface area (TPSA) is 87.2 Å². The molecule has 43 heavy (non-hydrogen) atoms. The zero-order valence-electron chi connectivity index (χ0n) is 26.2. The summed E-state index contributed by atoms with van der Waals surface area (Å²) in [7, 11) is 0. The number of ether oxygens (including phenoxy) is 4. The smallest absolute Gasteiger partial charge is 0.308 e. The molecule has 0 radical (unpaired) electrons. The summed E-state index contributed by atoms with van der Waals surface area (Å²) in [4.78, 5) is 32.6. The molecule has 8 nitrogen and oxygen atoms in total. The van der Waals surface area contributed by atoms with Gasteiger partial charge in [0.1, 0.15) is 17.2 Å². The zero-order chi connectivity index (χ0) is 31.1. The molecule has 3 aliphatic heterocycles. The molecular formula is C34H43FN2O6. The van der Waals surface area contributed by atoms with E-state index in [2.05, 4.69) is 13.8 Å². The van der Waals surface area contributed by atoms with E-state index in [0.29, 0.717) is 25.3 Å². The summed E-state index contributed by atoms with van der Waals surface area (Å²) in [6, 6.07) is 6.34. The van der Waals surface area contributed by atoms with Crippen molar-refractivity contribution in [3.05, 3.63) is 53.0 Å². The fourth-order valence-electron chi connectivity index (χ4n) is 6.19. The first kappa shape index (κ1) is 31.3. The monoisotopic (exact) mass is 594 g/mol. The highest BCUT2D eigenvalue weighted by Crippen LogP contribution is 2.42. The van der Waals surface area contributed by atoms with E-state index in [1.165, 1.54) is 12.1 Å². The van der Waals surface area contributed by atoms with Gasteiger partial charge in [-0.2, -0.15) is 0 Å². The van der Waals surface area contributed by atoms with E-state index in [1.807, 2.05) is 46.8 Å². The summed E-state index contributed by atoms with van der Waals surface area (Å²) in [6.07, 6.45) is 5.03. The molecule has 2 fully saturated rings. The van der Waals surface area contributed by atoms with Crippen LogP contribution in [0.4, 0.5) is 10.2 Å². The first-order valence-electron chi connectivity index (χ1n) is 15.2. The average Bonchev–Trinajstić information content (AvgIpc) is 3.14. The second-order valence-electron chi connectivity index (χ2n) is 13.4. The standard InChI is InChI=1S/C34H43FN2O6/c1-20(2)31-26(14-13-24-16-25(42-34(6,7)41-24)17-29(39)43-33(3,4)5)30(21-8-10-22(35)11-9-21)27-19-40-18-23-12-15-28(38)37(23)32(27)36-31/h8-11,13-14,20,23-25H,12,15-19H2,1-7H3/b14-13+/t23-,24-,25-/m1/s1. The lowest BCUT2D eigenvalue weighted by molar-refractivity contribution is -0.290. The molecule has 2 aromatic rings. The highest BCUT2D eigenvalue weighted by Gasteiger charge is 2.39. The number of hydrogen-bond donors (Lipinski definition) is 0. The van der Waals surface area contributed by atoms with Crippen molar-refractivity contribution in [3.8, 4) is 11.1 Å². The molecule has 0 spiro atoms. The van der Waals surface area contributed by atoms with E-state index in [1.54, 1.807) is 17.0 Å². The van der Waals surface area contributed by atoms with E-state index < -0.39 is 11.4 Å². The minimum Gasteiger partial charge on any atom is -0.460 e. The largest absolute Gasteiger partial charge is 0.460 e. The van der Waals surface area contributed by atoms with Crippen LogP contribution in [0, 0.1) is 5.82 Å². The van der Waals surface area contributed by atoms with Gasteiger partial charge in [-0.1, -0.05) is 38.1 Å². The lowest BCUT2D eigenvalue weighted by Gasteiger charge is -2.40. The number of carbonyl (C=O) groups excluding carboxylic acids is 2. The molecule has 232 valence electrons. The van der Waals surface area contributed by atoms with Crippen molar-refractivity contribution in [2.75, 3.05) is 11.5 Å². The summed E-state index contributed by atoms with van der Waals surface area (Å²) in [6.45, 7) is 14.1. The van der Waals surface area contributed by atoms with Crippen LogP contribution in [0.5, 0.6) is 0 Å². The number of hydrogen-bond acceptors (Lipinski definition) is 7. The van der Waals surface area contributed by atoms with Crippen molar-refractivity contribution < 1.29 is 32.9 Å². The highest BCUT2D eigenvalue weighted by atomic mass is 19.1. The van der Waals surface area contributed by atoms with Crippen molar-refractivity contribution in [1.29, 1.82) is 0 Å². The highest BCUT2D eigenvalue weighted by molar-refractivity contribution is 5.98. The Morgan fingerprint density at radius 1 is 1.21 bits per heavy atom. The number of esters is 1. The number of nitrogens with zero attached hydrogens (tertiary/aromatic N) is 2. The second-order valence-corrected chi connectivity index (χ2v) is 13.4. The maximum Gasteiger partial charge on any atom is 0.308 e. The van der Waals surface area contributed by atoms with Crippen molar-refractivity contribution in [3.63, 3.8) is 0 Å².